The highest BCUT2D eigenvalue weighted by atomic mass is 32.1. The molecule has 0 aliphatic carbocycles. The Morgan fingerprint density at radius 3 is 2.35 bits per heavy atom. The van der Waals surface area contributed by atoms with Crippen LogP contribution in [0.2, 0.25) is 0 Å². The molecule has 2 rings (SSSR count). The van der Waals surface area contributed by atoms with Crippen LogP contribution >= 0.6 is 12.2 Å². The van der Waals surface area contributed by atoms with Crippen molar-refractivity contribution in [3.63, 3.8) is 0 Å². The molecule has 0 spiro atoms. The summed E-state index contributed by atoms with van der Waals surface area (Å²) in [6, 6.07) is 18.1. The minimum Gasteiger partial charge on any atom is -0.494 e. The summed E-state index contributed by atoms with van der Waals surface area (Å²) in [7, 11) is 0. The SMILES string of the molecule is CCOc1ccc(NC(=S)C(C)c2ccccc2)cc1. The van der Waals surface area contributed by atoms with Gasteiger partial charge in [0.1, 0.15) is 5.75 Å². The monoisotopic (exact) mass is 285 g/mol. The van der Waals surface area contributed by atoms with Crippen LogP contribution < -0.4 is 10.1 Å². The smallest absolute Gasteiger partial charge is 0.119 e. The fourth-order valence-corrected chi connectivity index (χ4v) is 2.20. The topological polar surface area (TPSA) is 21.3 Å². The lowest BCUT2D eigenvalue weighted by Gasteiger charge is -2.15. The van der Waals surface area contributed by atoms with Crippen molar-refractivity contribution in [2.24, 2.45) is 0 Å². The summed E-state index contributed by atoms with van der Waals surface area (Å²) in [6.07, 6.45) is 0. The number of ether oxygens (including phenoxy) is 1. The molecule has 1 N–H and O–H groups in total. The van der Waals surface area contributed by atoms with Crippen LogP contribution in [0.3, 0.4) is 0 Å². The highest BCUT2D eigenvalue weighted by Crippen LogP contribution is 2.20. The van der Waals surface area contributed by atoms with Crippen molar-refractivity contribution in [2.75, 3.05) is 11.9 Å². The molecule has 20 heavy (non-hydrogen) atoms. The Labute approximate surface area is 125 Å². The average Bonchev–Trinajstić information content (AvgIpc) is 2.49. The third-order valence-corrected chi connectivity index (χ3v) is 3.58. The molecule has 0 aliphatic heterocycles. The third-order valence-electron chi connectivity index (χ3n) is 3.13. The van der Waals surface area contributed by atoms with Gasteiger partial charge in [-0.2, -0.15) is 0 Å². The van der Waals surface area contributed by atoms with Crippen LogP contribution in [0.25, 0.3) is 0 Å². The van der Waals surface area contributed by atoms with E-state index in [4.69, 9.17) is 17.0 Å². The molecule has 1 atom stereocenters. The van der Waals surface area contributed by atoms with Crippen molar-refractivity contribution < 1.29 is 4.74 Å². The lowest BCUT2D eigenvalue weighted by atomic mass is 10.0. The zero-order chi connectivity index (χ0) is 14.4. The van der Waals surface area contributed by atoms with E-state index >= 15 is 0 Å². The molecule has 0 fully saturated rings. The summed E-state index contributed by atoms with van der Waals surface area (Å²) < 4.78 is 5.42. The van der Waals surface area contributed by atoms with E-state index in [9.17, 15) is 0 Å². The number of hydrogen-bond acceptors (Lipinski definition) is 2. The number of nitrogens with one attached hydrogen (secondary N) is 1. The van der Waals surface area contributed by atoms with E-state index in [1.807, 2.05) is 49.4 Å². The highest BCUT2D eigenvalue weighted by molar-refractivity contribution is 7.80. The van der Waals surface area contributed by atoms with E-state index < -0.39 is 0 Å². The first kappa shape index (κ1) is 14.5. The van der Waals surface area contributed by atoms with Gasteiger partial charge >= 0.3 is 0 Å². The predicted molar refractivity (Wildman–Crippen MR) is 88.7 cm³/mol. The molecule has 2 nitrogen and oxygen atoms in total. The zero-order valence-electron chi connectivity index (χ0n) is 11.8. The summed E-state index contributed by atoms with van der Waals surface area (Å²) in [4.78, 5) is 0.820. The molecule has 0 aliphatic rings. The van der Waals surface area contributed by atoms with Crippen LogP contribution in [0.5, 0.6) is 5.75 Å². The fraction of sp³-hybridized carbons (Fsp3) is 0.235. The molecule has 2 aromatic carbocycles. The third kappa shape index (κ3) is 3.81. The van der Waals surface area contributed by atoms with Crippen LogP contribution in [0, 0.1) is 0 Å². The lowest BCUT2D eigenvalue weighted by Crippen LogP contribution is -2.16. The Balaban J connectivity index is 2.00. The summed E-state index contributed by atoms with van der Waals surface area (Å²) in [6.45, 7) is 4.76. The van der Waals surface area contributed by atoms with Gasteiger partial charge in [0.2, 0.25) is 0 Å². The standard InChI is InChI=1S/C17H19NOS/c1-3-19-16-11-9-15(10-12-16)18-17(20)13(2)14-7-5-4-6-8-14/h4-13H,3H2,1-2H3,(H,18,20). The molecule has 0 bridgehead atoms. The van der Waals surface area contributed by atoms with Gasteiger partial charge in [-0.05, 0) is 36.8 Å². The Morgan fingerprint density at radius 2 is 1.75 bits per heavy atom. The quantitative estimate of drug-likeness (QED) is 0.809. The van der Waals surface area contributed by atoms with Gasteiger partial charge in [-0.15, -0.1) is 0 Å². The van der Waals surface area contributed by atoms with E-state index in [1.54, 1.807) is 0 Å². The van der Waals surface area contributed by atoms with Gasteiger partial charge in [0, 0.05) is 11.6 Å². The maximum atomic E-state index is 5.48. The van der Waals surface area contributed by atoms with E-state index in [0.29, 0.717) is 6.61 Å². The Morgan fingerprint density at radius 1 is 1.10 bits per heavy atom. The molecule has 0 saturated heterocycles. The van der Waals surface area contributed by atoms with Crippen molar-refractivity contribution in [1.29, 1.82) is 0 Å². The number of benzene rings is 2. The Hall–Kier alpha value is -1.87. The van der Waals surface area contributed by atoms with Crippen LogP contribution in [-0.2, 0) is 0 Å². The molecule has 0 heterocycles. The van der Waals surface area contributed by atoms with Crippen molar-refractivity contribution in [2.45, 2.75) is 19.8 Å². The summed E-state index contributed by atoms with van der Waals surface area (Å²) in [5.41, 5.74) is 2.21. The zero-order valence-corrected chi connectivity index (χ0v) is 12.6. The largest absolute Gasteiger partial charge is 0.494 e. The number of anilines is 1. The molecule has 0 saturated carbocycles. The van der Waals surface area contributed by atoms with Gasteiger partial charge in [-0.3, -0.25) is 0 Å². The van der Waals surface area contributed by atoms with Crippen LogP contribution in [0.15, 0.2) is 54.6 Å². The van der Waals surface area contributed by atoms with Gasteiger partial charge in [0.05, 0.1) is 11.6 Å². The fourth-order valence-electron chi connectivity index (χ4n) is 1.94. The normalized spacial score (nSPS) is 11.7. The Kier molecular flexibility index (Phi) is 5.13. The molecule has 0 radical (unpaired) electrons. The number of thiocarbonyl (C=S) groups is 1. The molecule has 0 aromatic heterocycles. The maximum Gasteiger partial charge on any atom is 0.119 e. The Bertz CT molecular complexity index is 551. The van der Waals surface area contributed by atoms with Gasteiger partial charge in [0.15, 0.2) is 0 Å². The summed E-state index contributed by atoms with van der Waals surface area (Å²) in [5.74, 6) is 1.07. The van der Waals surface area contributed by atoms with E-state index in [2.05, 4.69) is 24.4 Å². The first-order valence-electron chi connectivity index (χ1n) is 6.79. The maximum absolute atomic E-state index is 5.48. The van der Waals surface area contributed by atoms with Crippen molar-refractivity contribution in [1.82, 2.24) is 0 Å². The second kappa shape index (κ2) is 7.06. The van der Waals surface area contributed by atoms with Crippen LogP contribution in [0.4, 0.5) is 5.69 Å². The van der Waals surface area contributed by atoms with Crippen LogP contribution in [0.1, 0.15) is 25.3 Å². The molecule has 3 heteroatoms. The second-order valence-electron chi connectivity index (χ2n) is 4.58. The molecule has 104 valence electrons. The summed E-state index contributed by atoms with van der Waals surface area (Å²) >= 11 is 5.48. The van der Waals surface area contributed by atoms with E-state index in [1.165, 1.54) is 5.56 Å². The molecule has 1 unspecified atom stereocenters. The summed E-state index contributed by atoms with van der Waals surface area (Å²) in [5, 5.41) is 3.29. The lowest BCUT2D eigenvalue weighted by molar-refractivity contribution is 0.340. The van der Waals surface area contributed by atoms with Crippen molar-refractivity contribution in [3.8, 4) is 5.75 Å². The average molecular weight is 285 g/mol. The predicted octanol–water partition coefficient (Wildman–Crippen LogP) is 4.63. The molecular formula is C17H19NOS. The minimum atomic E-state index is 0.192. The van der Waals surface area contributed by atoms with Gasteiger partial charge < -0.3 is 10.1 Å². The highest BCUT2D eigenvalue weighted by Gasteiger charge is 2.10. The number of hydrogen-bond donors (Lipinski definition) is 1. The van der Waals surface area contributed by atoms with E-state index in [-0.39, 0.29) is 5.92 Å². The second-order valence-corrected chi connectivity index (χ2v) is 5.02. The first-order valence-corrected chi connectivity index (χ1v) is 7.20. The van der Waals surface area contributed by atoms with Crippen molar-refractivity contribution in [3.05, 3.63) is 60.2 Å². The van der Waals surface area contributed by atoms with E-state index in [0.717, 1.165) is 16.4 Å². The van der Waals surface area contributed by atoms with Gasteiger partial charge in [0.25, 0.3) is 0 Å². The molecule has 2 aromatic rings. The van der Waals surface area contributed by atoms with Crippen LogP contribution in [-0.4, -0.2) is 11.6 Å². The van der Waals surface area contributed by atoms with Gasteiger partial charge in [-0.25, -0.2) is 0 Å². The number of rotatable bonds is 5. The minimum absolute atomic E-state index is 0.192. The molecular weight excluding hydrogens is 266 g/mol. The van der Waals surface area contributed by atoms with Crippen molar-refractivity contribution >= 4 is 22.9 Å². The van der Waals surface area contributed by atoms with Gasteiger partial charge in [-0.1, -0.05) is 49.5 Å². The first-order chi connectivity index (χ1) is 9.70. The molecule has 0 amide bonds.